The molecule has 0 spiro atoms. The molecule has 290 valence electrons. The maximum absolute atomic E-state index is 6.94. The fraction of sp³-hybridized carbons (Fsp3) is 0. The second-order valence-electron chi connectivity index (χ2n) is 16.0. The second-order valence-corrected chi connectivity index (χ2v) is 16.0. The van der Waals surface area contributed by atoms with Crippen molar-refractivity contribution in [3.8, 4) is 22.8 Å². The maximum atomic E-state index is 6.94. The number of fused-ring (bicyclic) bond motifs is 10. The third-order valence-electron chi connectivity index (χ3n) is 12.5. The van der Waals surface area contributed by atoms with Gasteiger partial charge in [0.15, 0.2) is 5.58 Å². The summed E-state index contributed by atoms with van der Waals surface area (Å²) in [7, 11) is 0. The lowest BCUT2D eigenvalue weighted by Crippen LogP contribution is -2.11. The van der Waals surface area contributed by atoms with Crippen LogP contribution in [0.15, 0.2) is 223 Å². The molecular formula is C57H36N4O. The number of hydrogen-bond donors (Lipinski definition) is 0. The van der Waals surface area contributed by atoms with Gasteiger partial charge in [0.1, 0.15) is 5.52 Å². The second kappa shape index (κ2) is 13.6. The van der Waals surface area contributed by atoms with Crippen LogP contribution in [0.4, 0.5) is 17.1 Å². The van der Waals surface area contributed by atoms with Crippen molar-refractivity contribution in [2.45, 2.75) is 0 Å². The monoisotopic (exact) mass is 792 g/mol. The SMILES string of the molecule is c1ccc(-n2c3ccc(N(c4cccc(-n5c6ccccc6c6ccccc65)c4)c4cccc5nc(-c6cccc7ccccc67)oc45)cc3c3ccc4ccccc4c32)cc1. The van der Waals surface area contributed by atoms with Crippen LogP contribution < -0.4 is 4.90 Å². The highest BCUT2D eigenvalue weighted by molar-refractivity contribution is 6.19. The Morgan fingerprint density at radius 1 is 0.387 bits per heavy atom. The average Bonchev–Trinajstić information content (AvgIpc) is 4.03. The van der Waals surface area contributed by atoms with Crippen molar-refractivity contribution in [2.75, 3.05) is 4.90 Å². The van der Waals surface area contributed by atoms with Crippen molar-refractivity contribution in [2.24, 2.45) is 0 Å². The quantitative estimate of drug-likeness (QED) is 0.168. The molecule has 0 amide bonds. The first-order chi connectivity index (χ1) is 30.8. The number of para-hydroxylation sites is 4. The van der Waals surface area contributed by atoms with E-state index in [1.165, 1.54) is 32.4 Å². The summed E-state index contributed by atoms with van der Waals surface area (Å²) < 4.78 is 11.7. The van der Waals surface area contributed by atoms with E-state index in [0.29, 0.717) is 5.89 Å². The number of benzene rings is 10. The lowest BCUT2D eigenvalue weighted by atomic mass is 10.0. The van der Waals surface area contributed by atoms with Gasteiger partial charge in [0.05, 0.1) is 27.8 Å². The fourth-order valence-corrected chi connectivity index (χ4v) is 9.79. The van der Waals surface area contributed by atoms with Crippen LogP contribution in [0.3, 0.4) is 0 Å². The highest BCUT2D eigenvalue weighted by Gasteiger charge is 2.24. The molecule has 13 rings (SSSR count). The van der Waals surface area contributed by atoms with Crippen molar-refractivity contribution >= 4 is 93.3 Å². The summed E-state index contributed by atoms with van der Waals surface area (Å²) in [6.45, 7) is 0. The minimum Gasteiger partial charge on any atom is -0.434 e. The Morgan fingerprint density at radius 3 is 1.81 bits per heavy atom. The van der Waals surface area contributed by atoms with Crippen molar-refractivity contribution in [3.05, 3.63) is 218 Å². The molecule has 0 bridgehead atoms. The summed E-state index contributed by atoms with van der Waals surface area (Å²) in [6, 6.07) is 78.0. The fourth-order valence-electron chi connectivity index (χ4n) is 9.79. The molecule has 0 aliphatic carbocycles. The highest BCUT2D eigenvalue weighted by atomic mass is 16.3. The zero-order chi connectivity index (χ0) is 40.7. The first-order valence-corrected chi connectivity index (χ1v) is 21.0. The van der Waals surface area contributed by atoms with Gasteiger partial charge in [-0.15, -0.1) is 0 Å². The van der Waals surface area contributed by atoms with Gasteiger partial charge in [0, 0.05) is 55.2 Å². The molecular weight excluding hydrogens is 757 g/mol. The largest absolute Gasteiger partial charge is 0.434 e. The maximum Gasteiger partial charge on any atom is 0.228 e. The molecule has 0 unspecified atom stereocenters. The molecule has 62 heavy (non-hydrogen) atoms. The highest BCUT2D eigenvalue weighted by Crippen LogP contribution is 2.45. The molecule has 5 nitrogen and oxygen atoms in total. The number of aromatic nitrogens is 3. The predicted octanol–water partition coefficient (Wildman–Crippen LogP) is 15.5. The number of rotatable bonds is 6. The summed E-state index contributed by atoms with van der Waals surface area (Å²) in [4.78, 5) is 7.48. The van der Waals surface area contributed by atoms with Crippen LogP contribution in [-0.2, 0) is 0 Å². The van der Waals surface area contributed by atoms with Crippen molar-refractivity contribution in [3.63, 3.8) is 0 Å². The zero-order valence-corrected chi connectivity index (χ0v) is 33.5. The van der Waals surface area contributed by atoms with Gasteiger partial charge in [-0.25, -0.2) is 4.98 Å². The number of anilines is 3. The van der Waals surface area contributed by atoms with Gasteiger partial charge in [-0.3, -0.25) is 0 Å². The molecule has 3 aromatic heterocycles. The summed E-state index contributed by atoms with van der Waals surface area (Å²) in [5, 5.41) is 9.49. The van der Waals surface area contributed by atoms with E-state index < -0.39 is 0 Å². The van der Waals surface area contributed by atoms with Gasteiger partial charge in [-0.1, -0.05) is 140 Å². The van der Waals surface area contributed by atoms with Gasteiger partial charge >= 0.3 is 0 Å². The molecule has 0 N–H and O–H groups in total. The first kappa shape index (κ1) is 34.5. The Balaban J connectivity index is 1.08. The summed E-state index contributed by atoms with van der Waals surface area (Å²) in [5.74, 6) is 0.594. The molecule has 0 aliphatic heterocycles. The Morgan fingerprint density at radius 2 is 1.00 bits per heavy atom. The van der Waals surface area contributed by atoms with E-state index in [2.05, 4.69) is 226 Å². The molecule has 3 heterocycles. The molecule has 10 aromatic carbocycles. The Kier molecular flexibility index (Phi) is 7.54. The van der Waals surface area contributed by atoms with Crippen molar-refractivity contribution < 1.29 is 4.42 Å². The number of oxazole rings is 1. The van der Waals surface area contributed by atoms with Crippen LogP contribution >= 0.6 is 0 Å². The minimum atomic E-state index is 0.594. The smallest absolute Gasteiger partial charge is 0.228 e. The van der Waals surface area contributed by atoms with Gasteiger partial charge in [0.25, 0.3) is 0 Å². The lowest BCUT2D eigenvalue weighted by molar-refractivity contribution is 0.621. The van der Waals surface area contributed by atoms with E-state index in [-0.39, 0.29) is 0 Å². The van der Waals surface area contributed by atoms with Crippen LogP contribution in [0.2, 0.25) is 0 Å². The summed E-state index contributed by atoms with van der Waals surface area (Å²) >= 11 is 0. The molecule has 13 aromatic rings. The Bertz CT molecular complexity index is 3830. The standard InChI is InChI=1S/C57H36N4O/c1-2-18-39(19-3-1)61-53-34-32-42(36-49(53)47-33-31-38-16-5-7-23-44(38)55(47)61)59(40-20-13-21-41(35-40)60-51-28-10-8-24-45(51)46-25-9-11-29-52(46)60)54-30-14-27-50-56(54)62-57(58-50)48-26-12-17-37-15-4-6-22-43(37)48/h1-36H. The van der Waals surface area contributed by atoms with E-state index >= 15 is 0 Å². The van der Waals surface area contributed by atoms with E-state index in [0.717, 1.165) is 77.8 Å². The van der Waals surface area contributed by atoms with Crippen LogP contribution in [0, 0.1) is 0 Å². The molecule has 0 atom stereocenters. The molecule has 0 fully saturated rings. The van der Waals surface area contributed by atoms with E-state index in [4.69, 9.17) is 9.40 Å². The van der Waals surface area contributed by atoms with Crippen molar-refractivity contribution in [1.29, 1.82) is 0 Å². The van der Waals surface area contributed by atoms with Crippen LogP contribution in [-0.4, -0.2) is 14.1 Å². The zero-order valence-electron chi connectivity index (χ0n) is 33.5. The molecule has 0 saturated carbocycles. The third kappa shape index (κ3) is 5.18. The van der Waals surface area contributed by atoms with E-state index in [1.807, 2.05) is 6.07 Å². The van der Waals surface area contributed by atoms with Crippen molar-refractivity contribution in [1.82, 2.24) is 14.1 Å². The molecule has 0 saturated heterocycles. The van der Waals surface area contributed by atoms with Gasteiger partial charge in [-0.05, 0) is 95.0 Å². The third-order valence-corrected chi connectivity index (χ3v) is 12.5. The Hall–Kier alpha value is -8.41. The minimum absolute atomic E-state index is 0.594. The summed E-state index contributed by atoms with van der Waals surface area (Å²) in [5.41, 5.74) is 12.2. The number of hydrogen-bond acceptors (Lipinski definition) is 3. The van der Waals surface area contributed by atoms with Gasteiger partial charge in [0.2, 0.25) is 5.89 Å². The molecule has 0 radical (unpaired) electrons. The topological polar surface area (TPSA) is 39.1 Å². The van der Waals surface area contributed by atoms with Crippen LogP contribution in [0.1, 0.15) is 0 Å². The average molecular weight is 793 g/mol. The number of nitrogens with zero attached hydrogens (tertiary/aromatic N) is 4. The van der Waals surface area contributed by atoms with Gasteiger partial charge < -0.3 is 18.5 Å². The van der Waals surface area contributed by atoms with Gasteiger partial charge in [-0.2, -0.15) is 0 Å². The molecule has 0 aliphatic rings. The first-order valence-electron chi connectivity index (χ1n) is 21.0. The lowest BCUT2D eigenvalue weighted by Gasteiger charge is -2.26. The predicted molar refractivity (Wildman–Crippen MR) is 258 cm³/mol. The normalized spacial score (nSPS) is 11.9. The van der Waals surface area contributed by atoms with Crippen LogP contribution in [0.5, 0.6) is 0 Å². The summed E-state index contributed by atoms with van der Waals surface area (Å²) in [6.07, 6.45) is 0. The van der Waals surface area contributed by atoms with E-state index in [1.54, 1.807) is 0 Å². The Labute approximate surface area is 356 Å². The van der Waals surface area contributed by atoms with E-state index in [9.17, 15) is 0 Å². The molecule has 5 heteroatoms. The van der Waals surface area contributed by atoms with Crippen LogP contribution in [0.25, 0.3) is 99.1 Å².